The lowest BCUT2D eigenvalue weighted by Crippen LogP contribution is -2.19. The summed E-state index contributed by atoms with van der Waals surface area (Å²) in [4.78, 5) is 0. The zero-order valence-corrected chi connectivity index (χ0v) is 18.6. The van der Waals surface area contributed by atoms with Crippen LogP contribution in [0.15, 0.2) is 71.9 Å². The molecule has 0 heteroatoms. The molecule has 1 aliphatic rings. The van der Waals surface area contributed by atoms with Crippen molar-refractivity contribution in [3.63, 3.8) is 0 Å². The maximum absolute atomic E-state index is 4.40. The highest BCUT2D eigenvalue weighted by molar-refractivity contribution is 5.40. The average molecular weight is 365 g/mol. The summed E-state index contributed by atoms with van der Waals surface area (Å²) in [5.74, 6) is 1.12. The molecule has 0 radical (unpaired) electrons. The van der Waals surface area contributed by atoms with E-state index < -0.39 is 0 Å². The van der Waals surface area contributed by atoms with E-state index in [-0.39, 0.29) is 0 Å². The fourth-order valence-electron chi connectivity index (χ4n) is 3.98. The summed E-state index contributed by atoms with van der Waals surface area (Å²) < 4.78 is 0. The largest absolute Gasteiger partial charge is 0.0998 e. The summed E-state index contributed by atoms with van der Waals surface area (Å²) in [5, 5.41) is 0. The summed E-state index contributed by atoms with van der Waals surface area (Å²) >= 11 is 0. The summed E-state index contributed by atoms with van der Waals surface area (Å²) in [6, 6.07) is 8.91. The quantitative estimate of drug-likeness (QED) is 0.426. The molecule has 1 aromatic rings. The van der Waals surface area contributed by atoms with Crippen LogP contribution < -0.4 is 0 Å². The molecule has 27 heavy (non-hydrogen) atoms. The Morgan fingerprint density at radius 3 is 2.33 bits per heavy atom. The predicted octanol–water partition coefficient (Wildman–Crippen LogP) is 8.40. The van der Waals surface area contributed by atoms with Crippen molar-refractivity contribution in [2.45, 2.75) is 73.6 Å². The zero-order valence-electron chi connectivity index (χ0n) is 18.6. The third-order valence-electron chi connectivity index (χ3n) is 5.47. The molecule has 1 aliphatic carbocycles. The minimum Gasteiger partial charge on any atom is -0.0998 e. The van der Waals surface area contributed by atoms with Crippen molar-refractivity contribution in [3.05, 3.63) is 83.0 Å². The Morgan fingerprint density at radius 1 is 1.15 bits per heavy atom. The van der Waals surface area contributed by atoms with Crippen LogP contribution >= 0.6 is 0 Å². The molecule has 0 nitrogen and oxygen atoms in total. The summed E-state index contributed by atoms with van der Waals surface area (Å²) in [6.45, 7) is 21.4. The van der Waals surface area contributed by atoms with Crippen molar-refractivity contribution in [3.8, 4) is 0 Å². The fraction of sp³-hybridized carbons (Fsp3) is 0.481. The van der Waals surface area contributed by atoms with Gasteiger partial charge >= 0.3 is 0 Å². The maximum atomic E-state index is 4.40. The van der Waals surface area contributed by atoms with Crippen LogP contribution in [0.25, 0.3) is 0 Å². The molecule has 0 saturated heterocycles. The number of rotatable bonds is 7. The zero-order chi connectivity index (χ0) is 20.4. The lowest BCUT2D eigenvalue weighted by Gasteiger charge is -2.32. The van der Waals surface area contributed by atoms with Gasteiger partial charge in [0.05, 0.1) is 0 Å². The monoisotopic (exact) mass is 364 g/mol. The predicted molar refractivity (Wildman–Crippen MR) is 123 cm³/mol. The molecular formula is C27H40. The molecule has 1 aromatic carbocycles. The normalized spacial score (nSPS) is 20.5. The Kier molecular flexibility index (Phi) is 10.1. The van der Waals surface area contributed by atoms with Crippen molar-refractivity contribution >= 4 is 0 Å². The van der Waals surface area contributed by atoms with Crippen LogP contribution in [0.4, 0.5) is 0 Å². The van der Waals surface area contributed by atoms with Gasteiger partial charge in [0.1, 0.15) is 0 Å². The van der Waals surface area contributed by atoms with Gasteiger partial charge in [-0.3, -0.25) is 0 Å². The highest BCUT2D eigenvalue weighted by Gasteiger charge is 2.27. The van der Waals surface area contributed by atoms with Crippen LogP contribution in [0, 0.1) is 18.8 Å². The van der Waals surface area contributed by atoms with E-state index in [0.29, 0.717) is 11.8 Å². The van der Waals surface area contributed by atoms with E-state index in [1.54, 1.807) is 5.57 Å². The molecular weight excluding hydrogens is 324 g/mol. The van der Waals surface area contributed by atoms with E-state index in [0.717, 1.165) is 25.7 Å². The average Bonchev–Trinajstić information content (AvgIpc) is 2.65. The van der Waals surface area contributed by atoms with Crippen LogP contribution in [0.2, 0.25) is 0 Å². The minimum atomic E-state index is 0.484. The van der Waals surface area contributed by atoms with E-state index in [1.807, 2.05) is 13.8 Å². The first kappa shape index (κ1) is 23.2. The topological polar surface area (TPSA) is 0 Å². The second-order valence-corrected chi connectivity index (χ2v) is 7.71. The summed E-state index contributed by atoms with van der Waals surface area (Å²) in [5.41, 5.74) is 8.35. The van der Waals surface area contributed by atoms with Crippen LogP contribution in [0.1, 0.15) is 71.4 Å². The van der Waals surface area contributed by atoms with Gasteiger partial charge in [-0.25, -0.2) is 0 Å². The van der Waals surface area contributed by atoms with Crippen LogP contribution in [0.3, 0.4) is 0 Å². The van der Waals surface area contributed by atoms with Crippen LogP contribution in [-0.2, 0) is 6.42 Å². The second-order valence-electron chi connectivity index (χ2n) is 7.71. The van der Waals surface area contributed by atoms with Gasteiger partial charge in [-0.05, 0) is 69.9 Å². The van der Waals surface area contributed by atoms with Crippen molar-refractivity contribution in [1.29, 1.82) is 0 Å². The first-order valence-electron chi connectivity index (χ1n) is 10.7. The second kappa shape index (κ2) is 11.8. The summed E-state index contributed by atoms with van der Waals surface area (Å²) in [6.07, 6.45) is 10.4. The Balaban J connectivity index is 0.00000176. The van der Waals surface area contributed by atoms with Gasteiger partial charge in [0.2, 0.25) is 0 Å². The minimum absolute atomic E-state index is 0.484. The third-order valence-corrected chi connectivity index (χ3v) is 5.47. The van der Waals surface area contributed by atoms with E-state index in [2.05, 4.69) is 77.3 Å². The highest BCUT2D eigenvalue weighted by Crippen LogP contribution is 2.40. The molecule has 0 amide bonds. The molecule has 0 bridgehead atoms. The van der Waals surface area contributed by atoms with Crippen molar-refractivity contribution in [2.75, 3.05) is 0 Å². The van der Waals surface area contributed by atoms with E-state index in [1.165, 1.54) is 34.3 Å². The lowest BCUT2D eigenvalue weighted by atomic mass is 9.72. The molecule has 0 fully saturated rings. The van der Waals surface area contributed by atoms with Gasteiger partial charge in [-0.15, -0.1) is 0 Å². The highest BCUT2D eigenvalue weighted by atomic mass is 14.3. The van der Waals surface area contributed by atoms with Gasteiger partial charge in [0, 0.05) is 5.92 Å². The number of hydrogen-bond donors (Lipinski definition) is 0. The summed E-state index contributed by atoms with van der Waals surface area (Å²) in [7, 11) is 0. The fourth-order valence-corrected chi connectivity index (χ4v) is 3.98. The van der Waals surface area contributed by atoms with Gasteiger partial charge in [0.15, 0.2) is 0 Å². The maximum Gasteiger partial charge on any atom is 0.00871 e. The van der Waals surface area contributed by atoms with Gasteiger partial charge in [-0.1, -0.05) is 92.6 Å². The van der Waals surface area contributed by atoms with Crippen LogP contribution in [0.5, 0.6) is 0 Å². The molecule has 0 aromatic heterocycles. The van der Waals surface area contributed by atoms with Gasteiger partial charge in [0.25, 0.3) is 0 Å². The van der Waals surface area contributed by atoms with Crippen molar-refractivity contribution < 1.29 is 0 Å². The molecule has 0 saturated carbocycles. The molecule has 2 rings (SSSR count). The SMILES string of the molecule is C=C(CCCc1ccc(C)cc1)CC1C(C(=C)C)=CCC(C)/C1=C\C.CC. The Morgan fingerprint density at radius 2 is 1.78 bits per heavy atom. The number of allylic oxidation sites excluding steroid dienone is 6. The molecule has 0 spiro atoms. The first-order valence-corrected chi connectivity index (χ1v) is 10.7. The Bertz CT molecular complexity index is 666. The molecule has 0 aliphatic heterocycles. The Hall–Kier alpha value is -1.82. The smallest absolute Gasteiger partial charge is 0.00871 e. The Labute approximate surface area is 168 Å². The standard InChI is InChI=1S/C25H34.C2H6/c1-7-23-21(6)13-16-24(18(2)3)25(23)17-20(5)9-8-10-22-14-11-19(4)12-15-22;1-2/h7,11-12,14-16,21,25H,2,5,8-10,13,17H2,1,3-4,6H3;1-2H3/b23-7+;. The molecule has 148 valence electrons. The van der Waals surface area contributed by atoms with Crippen molar-refractivity contribution in [2.24, 2.45) is 11.8 Å². The van der Waals surface area contributed by atoms with Crippen molar-refractivity contribution in [1.82, 2.24) is 0 Å². The molecule has 2 unspecified atom stereocenters. The van der Waals surface area contributed by atoms with Crippen LogP contribution in [-0.4, -0.2) is 0 Å². The van der Waals surface area contributed by atoms with E-state index >= 15 is 0 Å². The lowest BCUT2D eigenvalue weighted by molar-refractivity contribution is 0.534. The number of hydrogen-bond acceptors (Lipinski definition) is 0. The molecule has 0 N–H and O–H groups in total. The number of benzene rings is 1. The molecule has 0 heterocycles. The van der Waals surface area contributed by atoms with E-state index in [4.69, 9.17) is 0 Å². The molecule has 2 atom stereocenters. The number of aryl methyl sites for hydroxylation is 2. The van der Waals surface area contributed by atoms with E-state index in [9.17, 15) is 0 Å². The third kappa shape index (κ3) is 7.01. The first-order chi connectivity index (χ1) is 12.9. The van der Waals surface area contributed by atoms with Gasteiger partial charge in [-0.2, -0.15) is 0 Å². The van der Waals surface area contributed by atoms with Gasteiger partial charge < -0.3 is 0 Å².